The molecule has 2 aromatic rings. The number of benzene rings is 1. The topological polar surface area (TPSA) is 27.1 Å². The van der Waals surface area contributed by atoms with E-state index in [4.69, 9.17) is 4.74 Å². The predicted molar refractivity (Wildman–Crippen MR) is 54.2 cm³/mol. The monoisotopic (exact) mass is 224 g/mol. The van der Waals surface area contributed by atoms with Gasteiger partial charge >= 0.3 is 0 Å². The van der Waals surface area contributed by atoms with Crippen molar-refractivity contribution in [2.45, 2.75) is 6.61 Å². The summed E-state index contributed by atoms with van der Waals surface area (Å²) in [5, 5.41) is 4.09. The molecule has 3 nitrogen and oxygen atoms in total. The lowest BCUT2D eigenvalue weighted by Gasteiger charge is -2.02. The summed E-state index contributed by atoms with van der Waals surface area (Å²) in [7, 11) is 1.55. The first-order valence-electron chi connectivity index (χ1n) is 4.69. The zero-order valence-corrected chi connectivity index (χ0v) is 8.65. The first-order valence-corrected chi connectivity index (χ1v) is 4.69. The van der Waals surface area contributed by atoms with Crippen molar-refractivity contribution >= 4 is 0 Å². The van der Waals surface area contributed by atoms with Crippen LogP contribution in [0.3, 0.4) is 0 Å². The standard InChI is InChI=1S/C11H10F2N2O/c1-16-7-9-4-5-15(14-9)11-3-2-8(12)6-10(11)13/h2-6H,7H2,1H3. The molecule has 0 aliphatic rings. The number of aromatic nitrogens is 2. The molecule has 1 heterocycles. The third-order valence-corrected chi connectivity index (χ3v) is 2.09. The molecule has 0 saturated carbocycles. The van der Waals surface area contributed by atoms with Crippen LogP contribution in [0.5, 0.6) is 0 Å². The van der Waals surface area contributed by atoms with Gasteiger partial charge in [0.25, 0.3) is 0 Å². The summed E-state index contributed by atoms with van der Waals surface area (Å²) >= 11 is 0. The summed E-state index contributed by atoms with van der Waals surface area (Å²) in [4.78, 5) is 0. The molecule has 5 heteroatoms. The number of halogens is 2. The number of methoxy groups -OCH3 is 1. The van der Waals surface area contributed by atoms with Gasteiger partial charge in [-0.05, 0) is 18.2 Å². The quantitative estimate of drug-likeness (QED) is 0.799. The molecule has 0 saturated heterocycles. The molecule has 0 atom stereocenters. The highest BCUT2D eigenvalue weighted by molar-refractivity contribution is 5.33. The maximum Gasteiger partial charge on any atom is 0.151 e. The van der Waals surface area contributed by atoms with Crippen LogP contribution in [0.4, 0.5) is 8.78 Å². The lowest BCUT2D eigenvalue weighted by molar-refractivity contribution is 0.181. The van der Waals surface area contributed by atoms with Gasteiger partial charge in [0.15, 0.2) is 5.82 Å². The fourth-order valence-electron chi connectivity index (χ4n) is 1.39. The average Bonchev–Trinajstić information content (AvgIpc) is 2.67. The van der Waals surface area contributed by atoms with E-state index in [9.17, 15) is 8.78 Å². The Kier molecular flexibility index (Phi) is 2.96. The highest BCUT2D eigenvalue weighted by Crippen LogP contribution is 2.14. The number of hydrogen-bond donors (Lipinski definition) is 0. The smallest absolute Gasteiger partial charge is 0.151 e. The second-order valence-corrected chi connectivity index (χ2v) is 3.28. The Hall–Kier alpha value is -1.75. The Morgan fingerprint density at radius 3 is 2.81 bits per heavy atom. The Morgan fingerprint density at radius 2 is 2.12 bits per heavy atom. The molecule has 0 aliphatic heterocycles. The fourth-order valence-corrected chi connectivity index (χ4v) is 1.39. The number of rotatable bonds is 3. The van der Waals surface area contributed by atoms with Crippen molar-refractivity contribution in [1.82, 2.24) is 9.78 Å². The molecule has 0 bridgehead atoms. The van der Waals surface area contributed by atoms with Crippen molar-refractivity contribution in [1.29, 1.82) is 0 Å². The van der Waals surface area contributed by atoms with Crippen molar-refractivity contribution < 1.29 is 13.5 Å². The van der Waals surface area contributed by atoms with E-state index in [1.807, 2.05) is 0 Å². The largest absolute Gasteiger partial charge is 0.378 e. The predicted octanol–water partition coefficient (Wildman–Crippen LogP) is 2.30. The lowest BCUT2D eigenvalue weighted by atomic mass is 10.3. The zero-order chi connectivity index (χ0) is 11.5. The van der Waals surface area contributed by atoms with Gasteiger partial charge in [-0.2, -0.15) is 5.10 Å². The van der Waals surface area contributed by atoms with E-state index in [1.165, 1.54) is 16.8 Å². The van der Waals surface area contributed by atoms with Crippen molar-refractivity contribution in [3.8, 4) is 5.69 Å². The van der Waals surface area contributed by atoms with Crippen LogP contribution < -0.4 is 0 Å². The minimum absolute atomic E-state index is 0.212. The van der Waals surface area contributed by atoms with Gasteiger partial charge in [-0.15, -0.1) is 0 Å². The van der Waals surface area contributed by atoms with Crippen molar-refractivity contribution in [2.75, 3.05) is 7.11 Å². The Balaban J connectivity index is 2.35. The second kappa shape index (κ2) is 4.40. The minimum Gasteiger partial charge on any atom is -0.378 e. The minimum atomic E-state index is -0.646. The summed E-state index contributed by atoms with van der Waals surface area (Å²) in [5.41, 5.74) is 0.898. The molecule has 1 aromatic carbocycles. The summed E-state index contributed by atoms with van der Waals surface area (Å²) in [5.74, 6) is -1.25. The van der Waals surface area contributed by atoms with Crippen LogP contribution in [0.15, 0.2) is 30.5 Å². The van der Waals surface area contributed by atoms with Crippen molar-refractivity contribution in [3.05, 3.63) is 47.8 Å². The molecule has 0 amide bonds. The molecule has 0 N–H and O–H groups in total. The van der Waals surface area contributed by atoms with Gasteiger partial charge in [-0.1, -0.05) is 0 Å². The highest BCUT2D eigenvalue weighted by atomic mass is 19.1. The molecule has 0 radical (unpaired) electrons. The summed E-state index contributed by atoms with van der Waals surface area (Å²) in [6.45, 7) is 0.357. The Labute approximate surface area is 91.3 Å². The number of nitrogens with zero attached hydrogens (tertiary/aromatic N) is 2. The lowest BCUT2D eigenvalue weighted by Crippen LogP contribution is -2.00. The Morgan fingerprint density at radius 1 is 1.31 bits per heavy atom. The van der Waals surface area contributed by atoms with Gasteiger partial charge in [-0.3, -0.25) is 0 Å². The Bertz CT molecular complexity index is 496. The van der Waals surface area contributed by atoms with E-state index < -0.39 is 11.6 Å². The van der Waals surface area contributed by atoms with Crippen LogP contribution in [-0.2, 0) is 11.3 Å². The number of ether oxygens (including phenoxy) is 1. The van der Waals surface area contributed by atoms with Gasteiger partial charge in [0.1, 0.15) is 11.5 Å². The van der Waals surface area contributed by atoms with Crippen molar-refractivity contribution in [3.63, 3.8) is 0 Å². The normalized spacial score (nSPS) is 10.7. The van der Waals surface area contributed by atoms with Crippen LogP contribution in [-0.4, -0.2) is 16.9 Å². The van der Waals surface area contributed by atoms with Crippen LogP contribution in [0.1, 0.15) is 5.69 Å². The van der Waals surface area contributed by atoms with Crippen molar-refractivity contribution in [2.24, 2.45) is 0 Å². The maximum atomic E-state index is 13.4. The number of hydrogen-bond acceptors (Lipinski definition) is 2. The van der Waals surface area contributed by atoms with E-state index in [1.54, 1.807) is 19.4 Å². The highest BCUT2D eigenvalue weighted by Gasteiger charge is 2.07. The molecular formula is C11H10F2N2O. The summed E-state index contributed by atoms with van der Waals surface area (Å²) in [6, 6.07) is 5.07. The van der Waals surface area contributed by atoms with Crippen LogP contribution in [0.2, 0.25) is 0 Å². The van der Waals surface area contributed by atoms with E-state index >= 15 is 0 Å². The summed E-state index contributed by atoms with van der Waals surface area (Å²) < 4.78 is 32.3. The van der Waals surface area contributed by atoms with Gasteiger partial charge < -0.3 is 4.74 Å². The molecule has 16 heavy (non-hydrogen) atoms. The second-order valence-electron chi connectivity index (χ2n) is 3.28. The van der Waals surface area contributed by atoms with Gasteiger partial charge in [-0.25, -0.2) is 13.5 Å². The van der Waals surface area contributed by atoms with Crippen LogP contribution >= 0.6 is 0 Å². The maximum absolute atomic E-state index is 13.4. The SMILES string of the molecule is COCc1ccn(-c2ccc(F)cc2F)n1. The van der Waals surface area contributed by atoms with Crippen LogP contribution in [0.25, 0.3) is 5.69 Å². The van der Waals surface area contributed by atoms with Gasteiger partial charge in [0.05, 0.1) is 12.3 Å². The first-order chi connectivity index (χ1) is 7.70. The van der Waals surface area contributed by atoms with Crippen LogP contribution in [0, 0.1) is 11.6 Å². The van der Waals surface area contributed by atoms with E-state index in [0.717, 1.165) is 6.07 Å². The van der Waals surface area contributed by atoms with E-state index in [-0.39, 0.29) is 5.69 Å². The molecule has 2 rings (SSSR count). The van der Waals surface area contributed by atoms with E-state index in [2.05, 4.69) is 5.10 Å². The van der Waals surface area contributed by atoms with E-state index in [0.29, 0.717) is 12.3 Å². The third kappa shape index (κ3) is 2.09. The molecule has 0 fully saturated rings. The molecule has 0 aliphatic carbocycles. The average molecular weight is 224 g/mol. The van der Waals surface area contributed by atoms with Gasteiger partial charge in [0, 0.05) is 19.4 Å². The molecular weight excluding hydrogens is 214 g/mol. The summed E-state index contributed by atoms with van der Waals surface area (Å²) in [6.07, 6.45) is 1.60. The fraction of sp³-hybridized carbons (Fsp3) is 0.182. The first kappa shape index (κ1) is 10.8. The molecule has 1 aromatic heterocycles. The molecule has 0 spiro atoms. The van der Waals surface area contributed by atoms with Gasteiger partial charge in [0.2, 0.25) is 0 Å². The molecule has 0 unspecified atom stereocenters. The molecule has 84 valence electrons. The zero-order valence-electron chi connectivity index (χ0n) is 8.65. The third-order valence-electron chi connectivity index (χ3n) is 2.09.